The van der Waals surface area contributed by atoms with E-state index in [0.717, 1.165) is 56.2 Å². The van der Waals surface area contributed by atoms with Gasteiger partial charge < -0.3 is 9.55 Å². The molecule has 4 aromatic carbocycles. The smallest absolute Gasteiger partial charge is 0.147 e. The number of nitrogens with zero attached hydrogens (tertiary/aromatic N) is 6. The van der Waals surface area contributed by atoms with Crippen molar-refractivity contribution in [2.75, 3.05) is 0 Å². The summed E-state index contributed by atoms with van der Waals surface area (Å²) in [6.07, 6.45) is 7.14. The Bertz CT molecular complexity index is 1920. The van der Waals surface area contributed by atoms with Gasteiger partial charge in [0.05, 0.1) is 27.9 Å². The number of aromatic nitrogens is 6. The van der Waals surface area contributed by atoms with Crippen LogP contribution in [0, 0.1) is 6.07 Å². The Labute approximate surface area is 262 Å². The Morgan fingerprint density at radius 1 is 0.488 bits per heavy atom. The average molecular weight is 734 g/mol. The van der Waals surface area contributed by atoms with Gasteiger partial charge in [0.2, 0.25) is 0 Å². The second-order valence-electron chi connectivity index (χ2n) is 9.58. The summed E-state index contributed by atoms with van der Waals surface area (Å²) in [4.78, 5) is 17.9. The van der Waals surface area contributed by atoms with Gasteiger partial charge in [-0.05, 0) is 60.7 Å². The summed E-state index contributed by atoms with van der Waals surface area (Å²) in [7, 11) is 0. The van der Waals surface area contributed by atoms with Crippen LogP contribution in [-0.2, 0) is 20.1 Å². The molecule has 0 N–H and O–H groups in total. The van der Waals surface area contributed by atoms with Gasteiger partial charge in [0.1, 0.15) is 5.82 Å². The Morgan fingerprint density at radius 2 is 1.02 bits per heavy atom. The minimum absolute atomic E-state index is 0. The number of pyridine rings is 2. The molecule has 209 valence electrons. The zero-order chi connectivity index (χ0) is 28.1. The van der Waals surface area contributed by atoms with E-state index in [4.69, 9.17) is 9.97 Å². The molecule has 43 heavy (non-hydrogen) atoms. The van der Waals surface area contributed by atoms with Crippen LogP contribution in [0.2, 0.25) is 0 Å². The van der Waals surface area contributed by atoms with Crippen LogP contribution in [0.4, 0.5) is 0 Å². The molecule has 4 heterocycles. The van der Waals surface area contributed by atoms with Gasteiger partial charge in [-0.25, -0.2) is 4.98 Å². The van der Waals surface area contributed by atoms with Crippen LogP contribution in [0.3, 0.4) is 0 Å². The summed E-state index contributed by atoms with van der Waals surface area (Å²) in [6.45, 7) is 0. The van der Waals surface area contributed by atoms with Crippen molar-refractivity contribution in [3.05, 3.63) is 158 Å². The van der Waals surface area contributed by atoms with E-state index >= 15 is 0 Å². The summed E-state index contributed by atoms with van der Waals surface area (Å²) in [5.41, 5.74) is 8.21. The normalized spacial score (nSPS) is 10.6. The van der Waals surface area contributed by atoms with Crippen molar-refractivity contribution in [1.29, 1.82) is 0 Å². The van der Waals surface area contributed by atoms with Crippen molar-refractivity contribution in [2.45, 2.75) is 0 Å². The molecule has 7 heteroatoms. The first-order valence-electron chi connectivity index (χ1n) is 13.6. The Hall–Kier alpha value is -5.23. The first-order chi connectivity index (χ1) is 20.9. The minimum Gasteiger partial charge on any atom is -0.360 e. The SMILES string of the molecule is [Ir].[c-]1ccncc1-c1nc2ccccc2n1-c1ccccc1.c1ccc(-n2c(-c3cccnc3)nc3ccccc32)cc1. The molecule has 0 aliphatic heterocycles. The molecule has 8 aromatic rings. The summed E-state index contributed by atoms with van der Waals surface area (Å²) in [5, 5.41) is 0. The van der Waals surface area contributed by atoms with Gasteiger partial charge in [-0.15, -0.1) is 12.1 Å². The number of hydrogen-bond acceptors (Lipinski definition) is 4. The van der Waals surface area contributed by atoms with Crippen LogP contribution < -0.4 is 0 Å². The second kappa shape index (κ2) is 12.7. The molecule has 0 amide bonds. The predicted octanol–water partition coefficient (Wildman–Crippen LogP) is 7.97. The number of para-hydroxylation sites is 6. The molecule has 0 aliphatic carbocycles. The van der Waals surface area contributed by atoms with Crippen molar-refractivity contribution in [1.82, 2.24) is 29.1 Å². The van der Waals surface area contributed by atoms with Gasteiger partial charge in [0.15, 0.2) is 0 Å². The molecule has 1 radical (unpaired) electrons. The summed E-state index contributed by atoms with van der Waals surface area (Å²) in [5.74, 6) is 1.77. The van der Waals surface area contributed by atoms with Crippen LogP contribution in [0.5, 0.6) is 0 Å². The predicted molar refractivity (Wildman–Crippen MR) is 167 cm³/mol. The summed E-state index contributed by atoms with van der Waals surface area (Å²) >= 11 is 0. The van der Waals surface area contributed by atoms with Crippen molar-refractivity contribution < 1.29 is 20.1 Å². The van der Waals surface area contributed by atoms with Crippen LogP contribution >= 0.6 is 0 Å². The third kappa shape index (κ3) is 5.64. The third-order valence-electron chi connectivity index (χ3n) is 6.91. The van der Waals surface area contributed by atoms with Crippen LogP contribution in [0.15, 0.2) is 152 Å². The summed E-state index contributed by atoms with van der Waals surface area (Å²) in [6, 6.07) is 45.8. The number of rotatable bonds is 4. The number of fused-ring (bicyclic) bond motifs is 2. The van der Waals surface area contributed by atoms with Crippen molar-refractivity contribution >= 4 is 22.1 Å². The molecule has 0 atom stereocenters. The van der Waals surface area contributed by atoms with E-state index in [-0.39, 0.29) is 20.1 Å². The average Bonchev–Trinajstić information content (AvgIpc) is 3.66. The second-order valence-corrected chi connectivity index (χ2v) is 9.58. The maximum absolute atomic E-state index is 4.78. The zero-order valence-corrected chi connectivity index (χ0v) is 25.3. The largest absolute Gasteiger partial charge is 0.360 e. The van der Waals surface area contributed by atoms with E-state index in [0.29, 0.717) is 0 Å². The van der Waals surface area contributed by atoms with Gasteiger partial charge in [0, 0.05) is 49.4 Å². The molecular weight excluding hydrogens is 709 g/mol. The van der Waals surface area contributed by atoms with Crippen LogP contribution in [-0.4, -0.2) is 29.1 Å². The van der Waals surface area contributed by atoms with Crippen molar-refractivity contribution in [3.8, 4) is 34.2 Å². The van der Waals surface area contributed by atoms with E-state index < -0.39 is 0 Å². The fourth-order valence-corrected chi connectivity index (χ4v) is 5.05. The van der Waals surface area contributed by atoms with Crippen LogP contribution in [0.25, 0.3) is 56.2 Å². The van der Waals surface area contributed by atoms with Gasteiger partial charge >= 0.3 is 0 Å². The third-order valence-corrected chi connectivity index (χ3v) is 6.91. The topological polar surface area (TPSA) is 61.4 Å². The Kier molecular flexibility index (Phi) is 8.27. The van der Waals surface area contributed by atoms with Crippen LogP contribution in [0.1, 0.15) is 0 Å². The van der Waals surface area contributed by atoms with Gasteiger partial charge in [-0.1, -0.05) is 78.6 Å². The molecule has 0 saturated carbocycles. The molecule has 4 aromatic heterocycles. The Morgan fingerprint density at radius 3 is 1.58 bits per heavy atom. The quantitative estimate of drug-likeness (QED) is 0.172. The monoisotopic (exact) mass is 734 g/mol. The van der Waals surface area contributed by atoms with E-state index in [1.807, 2.05) is 97.2 Å². The van der Waals surface area contributed by atoms with E-state index in [2.05, 4.69) is 61.6 Å². The van der Waals surface area contributed by atoms with E-state index in [9.17, 15) is 0 Å². The molecule has 8 rings (SSSR count). The first-order valence-corrected chi connectivity index (χ1v) is 13.6. The van der Waals surface area contributed by atoms with Gasteiger partial charge in [-0.3, -0.25) is 14.5 Å². The number of benzene rings is 4. The molecule has 0 bridgehead atoms. The number of imidazole rings is 2. The number of hydrogen-bond donors (Lipinski definition) is 0. The fraction of sp³-hybridized carbons (Fsp3) is 0. The summed E-state index contributed by atoms with van der Waals surface area (Å²) < 4.78 is 4.31. The van der Waals surface area contributed by atoms with Gasteiger partial charge in [-0.2, -0.15) is 0 Å². The maximum Gasteiger partial charge on any atom is 0.147 e. The molecular formula is C36H25IrN6-. The van der Waals surface area contributed by atoms with E-state index in [1.165, 1.54) is 0 Å². The fourth-order valence-electron chi connectivity index (χ4n) is 5.05. The molecule has 0 spiro atoms. The molecule has 0 saturated heterocycles. The van der Waals surface area contributed by atoms with Gasteiger partial charge in [0.25, 0.3) is 0 Å². The molecule has 0 unspecified atom stereocenters. The Balaban J connectivity index is 0.000000150. The molecule has 0 aliphatic rings. The van der Waals surface area contributed by atoms with Crippen molar-refractivity contribution in [3.63, 3.8) is 0 Å². The molecule has 0 fully saturated rings. The van der Waals surface area contributed by atoms with E-state index in [1.54, 1.807) is 18.6 Å². The standard InChI is InChI=1S/C18H13N3.C18H12N3.Ir/c2*1-2-8-15(9-3-1)21-17-11-5-4-10-16(17)20-18(21)14-7-6-12-19-13-14;/h1-13H;1-6,8-13H;/q;-1;. The first kappa shape index (κ1) is 27.9. The molecule has 6 nitrogen and oxygen atoms in total. The maximum atomic E-state index is 4.78. The van der Waals surface area contributed by atoms with Crippen molar-refractivity contribution in [2.24, 2.45) is 0 Å². The minimum atomic E-state index is 0. The zero-order valence-electron chi connectivity index (χ0n) is 23.0.